The molecule has 2 atom stereocenters. The minimum Gasteiger partial charge on any atom is -0.468 e. The Labute approximate surface area is 634 Å². The van der Waals surface area contributed by atoms with Crippen molar-refractivity contribution in [1.82, 2.24) is 25.8 Å². The van der Waals surface area contributed by atoms with Gasteiger partial charge in [0.2, 0.25) is 17.7 Å². The number of unbranched alkanes of at least 4 members (excludes halogenated alkanes) is 26. The topological polar surface area (TPSA) is 335 Å². The van der Waals surface area contributed by atoms with E-state index in [4.69, 9.17) is 37.1 Å². The van der Waals surface area contributed by atoms with Gasteiger partial charge < -0.3 is 35.9 Å². The van der Waals surface area contributed by atoms with Gasteiger partial charge in [0, 0.05) is 107 Å². The van der Waals surface area contributed by atoms with Crippen LogP contribution in [0.15, 0.2) is 24.3 Å². The number of imide groups is 2. The van der Waals surface area contributed by atoms with Gasteiger partial charge >= 0.3 is 24.2 Å². The van der Waals surface area contributed by atoms with Crippen LogP contribution in [-0.2, 0) is 81.3 Å². The number of rotatable bonds is 48. The zero-order valence-corrected chi connectivity index (χ0v) is 68.2. The Kier molecular flexibility index (Phi) is 66.4. The summed E-state index contributed by atoms with van der Waals surface area (Å²) in [7, 11) is 0.500. The fraction of sp³-hybridized carbons (Fsp3) is 0.784. The number of nitrogens with two attached hydrogens (primary N) is 1. The van der Waals surface area contributed by atoms with E-state index >= 15 is 0 Å². The summed E-state index contributed by atoms with van der Waals surface area (Å²) in [5.41, 5.74) is 4.74. The summed E-state index contributed by atoms with van der Waals surface area (Å²) in [6.07, 6.45) is 44.2. The van der Waals surface area contributed by atoms with Crippen molar-refractivity contribution < 1.29 is 112 Å². The van der Waals surface area contributed by atoms with Gasteiger partial charge in [-0.2, -0.15) is 19.2 Å². The number of nitrogens with one attached hydrogen (secondary N) is 3. The minimum atomic E-state index is -0.929. The summed E-state index contributed by atoms with van der Waals surface area (Å²) >= 11 is 0. The van der Waals surface area contributed by atoms with Gasteiger partial charge in [-0.3, -0.25) is 48.2 Å². The molecule has 2 aliphatic heterocycles. The second kappa shape index (κ2) is 65.7. The zero-order valence-electron chi connectivity index (χ0n) is 65.2. The Bertz CT molecular complexity index is 2360. The Morgan fingerprint density at radius 2 is 0.750 bits per heavy atom. The first kappa shape index (κ1) is 101. The van der Waals surface area contributed by atoms with E-state index in [-0.39, 0.29) is 124 Å². The second-order valence-corrected chi connectivity index (χ2v) is 29.3. The number of halogens is 1. The Balaban J connectivity index is -0.000000357. The standard InChI is InChI=1S/C36H63N3O6.C30H57NO5.C6H8N2O2.2CO2.BH2.ClH.U/c1-35(2,3)26-20-18-16-14-12-10-8-7-9-11-13-15-17-19-21-31(41)38-29(34(44)45-36(4,5)6)22-23-30(40)37-27-28-39-32(42)24-25-33(39)43;1-29(2,3)23-20-18-16-14-12-10-8-7-9-11-13-15-17-19-21-27(33)31-26(22-24-35-25-32)28(34)36-30(4,5)6;7-3-4-8-5(9)1-2-6(8)10;2*2-1-3;;;/h24-25,29H,7-23,26-28H2,1-6H3,(H,37,40)(H,38,41);25-26H,7-24H2,1-6H3,(H,31,33);1-2H,3-4,7H2;;;1H2;1H;/i;;;;;1T2;;. The van der Waals surface area contributed by atoms with Crippen LogP contribution in [0.4, 0.5) is 0 Å². The van der Waals surface area contributed by atoms with Crippen LogP contribution >= 0.6 is 12.4 Å². The molecule has 5 N–H and O–H groups in total. The smallest absolute Gasteiger partial charge is 0.373 e. The predicted octanol–water partition coefficient (Wildman–Crippen LogP) is 11.8. The monoisotopic (exact) mass is 1660 g/mol. The summed E-state index contributed by atoms with van der Waals surface area (Å²) in [6, 6.07) is -1.73. The van der Waals surface area contributed by atoms with Crippen molar-refractivity contribution in [3.05, 3.63) is 24.3 Å². The third-order valence-electron chi connectivity index (χ3n) is 15.3. The van der Waals surface area contributed by atoms with Crippen LogP contribution in [0.3, 0.4) is 0 Å². The summed E-state index contributed by atoms with van der Waals surface area (Å²) in [5.74, 6) is -3.14. The van der Waals surface area contributed by atoms with Gasteiger partial charge in [0.05, 0.1) is 14.9 Å². The van der Waals surface area contributed by atoms with Crippen LogP contribution in [0.2, 0.25) is 0 Å². The average Bonchev–Trinajstić information content (AvgIpc) is 1.55. The van der Waals surface area contributed by atoms with Crippen LogP contribution in [-0.4, -0.2) is 149 Å². The fourth-order valence-electron chi connectivity index (χ4n) is 10.2. The van der Waals surface area contributed by atoms with Crippen molar-refractivity contribution in [2.45, 2.75) is 331 Å². The van der Waals surface area contributed by atoms with Crippen LogP contribution in [0, 0.1) is 41.9 Å². The van der Waals surface area contributed by atoms with Gasteiger partial charge in [0.25, 0.3) is 30.1 Å². The second-order valence-electron chi connectivity index (χ2n) is 29.3. The van der Waals surface area contributed by atoms with Gasteiger partial charge in [-0.25, -0.2) is 9.59 Å². The molecule has 23 nitrogen and oxygen atoms in total. The molecular formula is C74H131BClN6O17U. The number of ether oxygens (including phenoxy) is 3. The average molecular weight is 1670 g/mol. The molecule has 2 aliphatic rings. The SMILES string of the molecule is CC(C)(C)CCCCCCCCCCCCCCCCC(=O)NC(CCC(=O)NCCN1C(=O)C=CC1=O)C(=O)OC(C)(C)C.CC(C)(C)CCCCCCCCCCCCCCCCC(=O)NC(CCOC=O)C(=O)OC(C)(C)C.Cl.NCCN1C(=O)C=CC1=O.O=C=O.O=C=O.[3H][B][3H].[U]. The molecule has 26 heteroatoms. The van der Waals surface area contributed by atoms with Gasteiger partial charge in [-0.1, -0.05) is 208 Å². The summed E-state index contributed by atoms with van der Waals surface area (Å²) < 4.78 is 27.0. The number of esters is 2. The summed E-state index contributed by atoms with van der Waals surface area (Å²) in [5, 5.41) is 8.16. The van der Waals surface area contributed by atoms with E-state index in [1.165, 1.54) is 178 Å². The quantitative estimate of drug-likeness (QED) is 0.0110. The van der Waals surface area contributed by atoms with Crippen molar-refractivity contribution in [1.29, 1.82) is 2.67 Å². The predicted molar refractivity (Wildman–Crippen MR) is 388 cm³/mol. The molecule has 0 saturated carbocycles. The Morgan fingerprint density at radius 3 is 1.02 bits per heavy atom. The van der Waals surface area contributed by atoms with E-state index in [9.17, 15) is 47.9 Å². The molecule has 7 amide bonds. The van der Waals surface area contributed by atoms with E-state index < -0.39 is 47.0 Å². The van der Waals surface area contributed by atoms with Crippen molar-refractivity contribution in [3.63, 3.8) is 0 Å². The Morgan fingerprint density at radius 1 is 0.480 bits per heavy atom. The number of carbonyl (C=O) groups excluding carboxylic acids is 14. The molecule has 0 saturated heterocycles. The molecular weight excluding hydrogens is 1530 g/mol. The normalized spacial score (nSPS) is 13.0. The molecule has 0 aromatic carbocycles. The molecule has 573 valence electrons. The molecule has 1 radical (unpaired) electrons. The number of hydrogen-bond acceptors (Lipinski definition) is 18. The number of amides is 7. The van der Waals surface area contributed by atoms with E-state index in [1.807, 2.05) is 0 Å². The molecule has 0 aromatic rings. The van der Waals surface area contributed by atoms with Gasteiger partial charge in [-0.15, -0.1) is 12.4 Å². The van der Waals surface area contributed by atoms with Crippen LogP contribution in [0.25, 0.3) is 0 Å². The number of nitrogens with zero attached hydrogens (tertiary/aromatic N) is 2. The molecule has 2 heterocycles. The first-order valence-corrected chi connectivity index (χ1v) is 35.8. The zero-order chi connectivity index (χ0) is 76.7. The minimum absolute atomic E-state index is 0. The van der Waals surface area contributed by atoms with E-state index in [1.54, 1.807) is 41.5 Å². The van der Waals surface area contributed by atoms with Crippen LogP contribution in [0.1, 0.15) is 308 Å². The van der Waals surface area contributed by atoms with Gasteiger partial charge in [-0.05, 0) is 87.1 Å². The fourth-order valence-corrected chi connectivity index (χ4v) is 10.2. The molecule has 0 bridgehead atoms. The van der Waals surface area contributed by atoms with E-state index in [0.717, 1.165) is 48.3 Å². The van der Waals surface area contributed by atoms with Gasteiger partial charge in [0.1, 0.15) is 23.3 Å². The molecule has 0 fully saturated rings. The third-order valence-corrected chi connectivity index (χ3v) is 15.3. The van der Waals surface area contributed by atoms with E-state index in [0.29, 0.717) is 51.6 Å². The number of hydrogen-bond donors (Lipinski definition) is 4. The number of carbonyl (C=O) groups is 10. The third kappa shape index (κ3) is 69.8. The maximum Gasteiger partial charge on any atom is 0.373 e. The van der Waals surface area contributed by atoms with Gasteiger partial charge in [0.15, 0.2) is 0 Å². The van der Waals surface area contributed by atoms with E-state index in [2.05, 4.69) is 62.2 Å². The first-order valence-electron chi connectivity index (χ1n) is 37.0. The maximum atomic E-state index is 12.8. The first-order chi connectivity index (χ1) is 47.1. The molecule has 2 unspecified atom stereocenters. The molecule has 0 aliphatic carbocycles. The van der Waals surface area contributed by atoms with Crippen molar-refractivity contribution >= 4 is 92.8 Å². The molecule has 100 heavy (non-hydrogen) atoms. The Hall–Kier alpha value is -5.29. The van der Waals surface area contributed by atoms with Crippen molar-refractivity contribution in [2.75, 3.05) is 32.8 Å². The summed E-state index contributed by atoms with van der Waals surface area (Å²) in [4.78, 5) is 152. The molecule has 0 spiro atoms. The van der Waals surface area contributed by atoms with Crippen LogP contribution in [0.5, 0.6) is 0 Å². The van der Waals surface area contributed by atoms with Crippen molar-refractivity contribution in [2.24, 2.45) is 16.6 Å². The molecule has 0 aromatic heterocycles. The van der Waals surface area contributed by atoms with Crippen molar-refractivity contribution in [3.8, 4) is 0 Å². The molecule has 2 rings (SSSR count). The van der Waals surface area contributed by atoms with Crippen LogP contribution < -0.4 is 21.7 Å². The largest absolute Gasteiger partial charge is 0.468 e. The maximum absolute atomic E-state index is 12.8. The summed E-state index contributed by atoms with van der Waals surface area (Å²) in [6.45, 7) is 25.8.